The van der Waals surface area contributed by atoms with Crippen LogP contribution in [0, 0.1) is 0 Å². The Kier molecular flexibility index (Phi) is 6.60. The third-order valence-electron chi connectivity index (χ3n) is 2.78. The van der Waals surface area contributed by atoms with Gasteiger partial charge in [0.25, 0.3) is 0 Å². The van der Waals surface area contributed by atoms with Gasteiger partial charge in [-0.1, -0.05) is 26.8 Å². The molecular formula is C14H22BrNO. The van der Waals surface area contributed by atoms with Gasteiger partial charge in [-0.05, 0) is 53.0 Å². The van der Waals surface area contributed by atoms with E-state index >= 15 is 0 Å². The van der Waals surface area contributed by atoms with Crippen molar-refractivity contribution in [3.05, 3.63) is 28.2 Å². The first-order valence-electron chi connectivity index (χ1n) is 6.37. The van der Waals surface area contributed by atoms with Gasteiger partial charge in [-0.3, -0.25) is 0 Å². The number of rotatable bonds is 7. The molecule has 0 aliphatic rings. The van der Waals surface area contributed by atoms with Crippen LogP contribution in [0.5, 0.6) is 5.75 Å². The molecule has 0 heterocycles. The highest BCUT2D eigenvalue weighted by molar-refractivity contribution is 9.10. The van der Waals surface area contributed by atoms with E-state index in [1.54, 1.807) is 0 Å². The number of hydrogen-bond acceptors (Lipinski definition) is 2. The molecule has 0 radical (unpaired) electrons. The van der Waals surface area contributed by atoms with Crippen molar-refractivity contribution < 1.29 is 4.74 Å². The molecule has 2 nitrogen and oxygen atoms in total. The second-order valence-corrected chi connectivity index (χ2v) is 4.96. The van der Waals surface area contributed by atoms with Gasteiger partial charge in [0, 0.05) is 6.54 Å². The minimum atomic E-state index is 0.311. The van der Waals surface area contributed by atoms with E-state index in [1.807, 2.05) is 0 Å². The molecule has 0 amide bonds. The van der Waals surface area contributed by atoms with Crippen LogP contribution in [0.15, 0.2) is 22.7 Å². The Morgan fingerprint density at radius 3 is 2.47 bits per heavy atom. The van der Waals surface area contributed by atoms with Crippen molar-refractivity contribution in [3.8, 4) is 5.75 Å². The van der Waals surface area contributed by atoms with Gasteiger partial charge < -0.3 is 10.1 Å². The fourth-order valence-electron chi connectivity index (χ4n) is 1.65. The van der Waals surface area contributed by atoms with E-state index in [-0.39, 0.29) is 0 Å². The second-order valence-electron chi connectivity index (χ2n) is 4.10. The average Bonchev–Trinajstić information content (AvgIpc) is 2.35. The standard InChI is InChI=1S/C14H22BrNO/c1-4-12(5-2)17-14-8-7-11(9-13(14)15)10-16-6-3/h7-9,12,16H,4-6,10H2,1-3H3. The molecule has 0 unspecified atom stereocenters. The molecule has 1 rings (SSSR count). The summed E-state index contributed by atoms with van der Waals surface area (Å²) in [6, 6.07) is 6.29. The van der Waals surface area contributed by atoms with Crippen LogP contribution in [0.4, 0.5) is 0 Å². The molecule has 0 atom stereocenters. The molecule has 3 heteroatoms. The van der Waals surface area contributed by atoms with E-state index in [2.05, 4.69) is 60.2 Å². The predicted octanol–water partition coefficient (Wildman–Crippen LogP) is 4.13. The zero-order valence-electron chi connectivity index (χ0n) is 10.9. The maximum atomic E-state index is 5.94. The minimum absolute atomic E-state index is 0.311. The molecule has 0 saturated heterocycles. The average molecular weight is 300 g/mol. The summed E-state index contributed by atoms with van der Waals surface area (Å²) in [6.45, 7) is 8.31. The van der Waals surface area contributed by atoms with Crippen molar-refractivity contribution in [2.75, 3.05) is 6.54 Å². The van der Waals surface area contributed by atoms with Crippen molar-refractivity contribution in [1.29, 1.82) is 0 Å². The summed E-state index contributed by atoms with van der Waals surface area (Å²) in [7, 11) is 0. The van der Waals surface area contributed by atoms with Gasteiger partial charge >= 0.3 is 0 Å². The molecule has 17 heavy (non-hydrogen) atoms. The van der Waals surface area contributed by atoms with Crippen LogP contribution in [-0.4, -0.2) is 12.6 Å². The summed E-state index contributed by atoms with van der Waals surface area (Å²) in [6.07, 6.45) is 2.40. The Morgan fingerprint density at radius 2 is 1.94 bits per heavy atom. The first kappa shape index (κ1) is 14.5. The molecule has 0 bridgehead atoms. The molecule has 0 spiro atoms. The Bertz CT molecular complexity index is 337. The normalized spacial score (nSPS) is 10.9. The van der Waals surface area contributed by atoms with Gasteiger partial charge in [0.05, 0.1) is 10.6 Å². The highest BCUT2D eigenvalue weighted by atomic mass is 79.9. The summed E-state index contributed by atoms with van der Waals surface area (Å²) in [5, 5.41) is 3.31. The zero-order chi connectivity index (χ0) is 12.7. The molecule has 0 saturated carbocycles. The number of halogens is 1. The van der Waals surface area contributed by atoms with Crippen LogP contribution >= 0.6 is 15.9 Å². The van der Waals surface area contributed by atoms with E-state index in [4.69, 9.17) is 4.74 Å². The van der Waals surface area contributed by atoms with E-state index in [9.17, 15) is 0 Å². The SMILES string of the molecule is CCNCc1ccc(OC(CC)CC)c(Br)c1. The van der Waals surface area contributed by atoms with Gasteiger partial charge in [-0.2, -0.15) is 0 Å². The Balaban J connectivity index is 2.68. The molecule has 0 fully saturated rings. The minimum Gasteiger partial charge on any atom is -0.489 e. The van der Waals surface area contributed by atoms with Crippen LogP contribution in [0.1, 0.15) is 39.2 Å². The molecule has 0 aromatic heterocycles. The summed E-state index contributed by atoms with van der Waals surface area (Å²) in [5.41, 5.74) is 1.27. The van der Waals surface area contributed by atoms with E-state index in [0.717, 1.165) is 36.2 Å². The van der Waals surface area contributed by atoms with Gasteiger partial charge in [-0.25, -0.2) is 0 Å². The van der Waals surface area contributed by atoms with Crippen molar-refractivity contribution in [2.24, 2.45) is 0 Å². The molecule has 0 aliphatic carbocycles. The maximum absolute atomic E-state index is 5.94. The van der Waals surface area contributed by atoms with Crippen LogP contribution < -0.4 is 10.1 Å². The molecule has 0 aliphatic heterocycles. The van der Waals surface area contributed by atoms with Gasteiger partial charge in [-0.15, -0.1) is 0 Å². The lowest BCUT2D eigenvalue weighted by Crippen LogP contribution is -2.14. The largest absolute Gasteiger partial charge is 0.489 e. The smallest absolute Gasteiger partial charge is 0.133 e. The molecule has 1 N–H and O–H groups in total. The van der Waals surface area contributed by atoms with Crippen molar-refractivity contribution in [2.45, 2.75) is 46.3 Å². The highest BCUT2D eigenvalue weighted by Gasteiger charge is 2.08. The summed E-state index contributed by atoms with van der Waals surface area (Å²) >= 11 is 3.57. The third-order valence-corrected chi connectivity index (χ3v) is 3.40. The fourth-order valence-corrected chi connectivity index (χ4v) is 2.17. The van der Waals surface area contributed by atoms with Crippen LogP contribution in [0.3, 0.4) is 0 Å². The lowest BCUT2D eigenvalue weighted by Gasteiger charge is -2.17. The Morgan fingerprint density at radius 1 is 1.24 bits per heavy atom. The van der Waals surface area contributed by atoms with Crippen LogP contribution in [-0.2, 0) is 6.54 Å². The molecule has 96 valence electrons. The second kappa shape index (κ2) is 7.72. The summed E-state index contributed by atoms with van der Waals surface area (Å²) in [4.78, 5) is 0. The van der Waals surface area contributed by atoms with Gasteiger partial charge in [0.1, 0.15) is 5.75 Å². The summed E-state index contributed by atoms with van der Waals surface area (Å²) < 4.78 is 6.98. The maximum Gasteiger partial charge on any atom is 0.133 e. The highest BCUT2D eigenvalue weighted by Crippen LogP contribution is 2.27. The Hall–Kier alpha value is -0.540. The first-order chi connectivity index (χ1) is 8.21. The third kappa shape index (κ3) is 4.68. The van der Waals surface area contributed by atoms with Gasteiger partial charge in [0.15, 0.2) is 0 Å². The topological polar surface area (TPSA) is 21.3 Å². The predicted molar refractivity (Wildman–Crippen MR) is 76.5 cm³/mol. The van der Waals surface area contributed by atoms with Crippen molar-refractivity contribution in [1.82, 2.24) is 5.32 Å². The van der Waals surface area contributed by atoms with E-state index in [0.29, 0.717) is 6.10 Å². The van der Waals surface area contributed by atoms with Crippen molar-refractivity contribution in [3.63, 3.8) is 0 Å². The van der Waals surface area contributed by atoms with Crippen LogP contribution in [0.2, 0.25) is 0 Å². The molecule has 1 aromatic carbocycles. The lowest BCUT2D eigenvalue weighted by molar-refractivity contribution is 0.191. The number of nitrogens with one attached hydrogen (secondary N) is 1. The number of ether oxygens (including phenoxy) is 1. The lowest BCUT2D eigenvalue weighted by atomic mass is 10.2. The zero-order valence-corrected chi connectivity index (χ0v) is 12.5. The monoisotopic (exact) mass is 299 g/mol. The quantitative estimate of drug-likeness (QED) is 0.817. The number of hydrogen-bond donors (Lipinski definition) is 1. The summed E-state index contributed by atoms with van der Waals surface area (Å²) in [5.74, 6) is 0.943. The Labute approximate surface area is 113 Å². The van der Waals surface area contributed by atoms with Crippen molar-refractivity contribution >= 4 is 15.9 Å². The molecular weight excluding hydrogens is 278 g/mol. The van der Waals surface area contributed by atoms with Gasteiger partial charge in [0.2, 0.25) is 0 Å². The van der Waals surface area contributed by atoms with E-state index in [1.165, 1.54) is 5.56 Å². The molecule has 1 aromatic rings. The fraction of sp³-hybridized carbons (Fsp3) is 0.571. The first-order valence-corrected chi connectivity index (χ1v) is 7.16. The van der Waals surface area contributed by atoms with Crippen LogP contribution in [0.25, 0.3) is 0 Å². The number of benzene rings is 1. The van der Waals surface area contributed by atoms with E-state index < -0.39 is 0 Å².